The molecule has 0 unspecified atom stereocenters. The first-order chi connectivity index (χ1) is 16.7. The standard InChI is InChI=1S/C28H37N3O5/c1-26(2,3)35-24(33)29-28(7,30-25(34)36-27(4,5)6)21-22(20-16-12-9-13-17-20)31(23(21)32)18-19-14-10-8-11-15-19/h8-17,21-22H,18H2,1-7H3,(H,29,33)(H,30,34)/t21-,22-/m1/s1. The first-order valence-electron chi connectivity index (χ1n) is 12.1. The molecule has 0 aromatic heterocycles. The van der Waals surface area contributed by atoms with E-state index in [0.717, 1.165) is 11.1 Å². The Balaban J connectivity index is 1.98. The predicted molar refractivity (Wildman–Crippen MR) is 137 cm³/mol. The van der Waals surface area contributed by atoms with E-state index in [4.69, 9.17) is 9.47 Å². The Kier molecular flexibility index (Phi) is 7.67. The molecule has 0 spiro atoms. The number of carbonyl (C=O) groups is 3. The van der Waals surface area contributed by atoms with Gasteiger partial charge in [-0.25, -0.2) is 9.59 Å². The molecule has 0 saturated carbocycles. The van der Waals surface area contributed by atoms with E-state index in [-0.39, 0.29) is 5.91 Å². The van der Waals surface area contributed by atoms with Gasteiger partial charge in [0.2, 0.25) is 5.91 Å². The number of likely N-dealkylation sites (tertiary alicyclic amines) is 1. The number of rotatable bonds is 6. The minimum absolute atomic E-state index is 0.206. The summed E-state index contributed by atoms with van der Waals surface area (Å²) < 4.78 is 10.9. The minimum atomic E-state index is -1.49. The molecule has 194 valence electrons. The first kappa shape index (κ1) is 27.0. The van der Waals surface area contributed by atoms with Gasteiger partial charge in [0, 0.05) is 6.54 Å². The van der Waals surface area contributed by atoms with Crippen LogP contribution in [0.15, 0.2) is 60.7 Å². The van der Waals surface area contributed by atoms with Crippen LogP contribution in [-0.2, 0) is 20.8 Å². The average Bonchev–Trinajstić information content (AvgIpc) is 2.73. The number of hydrogen-bond acceptors (Lipinski definition) is 5. The van der Waals surface area contributed by atoms with Crippen LogP contribution in [0, 0.1) is 5.92 Å². The third-order valence-corrected chi connectivity index (χ3v) is 5.68. The van der Waals surface area contributed by atoms with Gasteiger partial charge in [-0.2, -0.15) is 0 Å². The maximum absolute atomic E-state index is 13.7. The summed E-state index contributed by atoms with van der Waals surface area (Å²) in [5.74, 6) is -1.01. The number of hydrogen-bond donors (Lipinski definition) is 2. The molecular formula is C28H37N3O5. The Labute approximate surface area is 213 Å². The molecule has 0 aliphatic carbocycles. The quantitative estimate of drug-likeness (QED) is 0.427. The first-order valence-corrected chi connectivity index (χ1v) is 12.1. The molecule has 1 heterocycles. The van der Waals surface area contributed by atoms with Crippen molar-refractivity contribution < 1.29 is 23.9 Å². The van der Waals surface area contributed by atoms with Gasteiger partial charge in [-0.1, -0.05) is 60.7 Å². The Morgan fingerprint density at radius 2 is 1.22 bits per heavy atom. The van der Waals surface area contributed by atoms with E-state index in [1.165, 1.54) is 0 Å². The zero-order valence-corrected chi connectivity index (χ0v) is 22.1. The van der Waals surface area contributed by atoms with Crippen molar-refractivity contribution in [1.82, 2.24) is 15.5 Å². The summed E-state index contributed by atoms with van der Waals surface area (Å²) in [5, 5.41) is 5.53. The molecular weight excluding hydrogens is 458 g/mol. The Morgan fingerprint density at radius 1 is 0.778 bits per heavy atom. The Morgan fingerprint density at radius 3 is 1.67 bits per heavy atom. The van der Waals surface area contributed by atoms with E-state index in [1.807, 2.05) is 60.7 Å². The number of β-lactam (4-membered cyclic amide) rings is 1. The molecule has 36 heavy (non-hydrogen) atoms. The number of ether oxygens (including phenoxy) is 2. The van der Waals surface area contributed by atoms with E-state index in [2.05, 4.69) is 10.6 Å². The van der Waals surface area contributed by atoms with Crippen LogP contribution < -0.4 is 10.6 Å². The lowest BCUT2D eigenvalue weighted by atomic mass is 9.74. The van der Waals surface area contributed by atoms with Crippen LogP contribution in [0.5, 0.6) is 0 Å². The monoisotopic (exact) mass is 495 g/mol. The van der Waals surface area contributed by atoms with E-state index in [0.29, 0.717) is 6.54 Å². The maximum atomic E-state index is 13.7. The molecule has 0 bridgehead atoms. The highest BCUT2D eigenvalue weighted by Crippen LogP contribution is 2.46. The van der Waals surface area contributed by atoms with Crippen molar-refractivity contribution in [3.63, 3.8) is 0 Å². The van der Waals surface area contributed by atoms with E-state index in [1.54, 1.807) is 53.4 Å². The topological polar surface area (TPSA) is 97.0 Å². The highest BCUT2D eigenvalue weighted by atomic mass is 16.6. The molecule has 1 saturated heterocycles. The fourth-order valence-electron chi connectivity index (χ4n) is 4.31. The Bertz CT molecular complexity index is 1040. The molecule has 1 fully saturated rings. The van der Waals surface area contributed by atoms with Crippen molar-refractivity contribution in [3.05, 3.63) is 71.8 Å². The van der Waals surface area contributed by atoms with Crippen LogP contribution in [-0.4, -0.2) is 39.9 Å². The number of amides is 3. The van der Waals surface area contributed by atoms with E-state index < -0.39 is 41.0 Å². The summed E-state index contributed by atoms with van der Waals surface area (Å²) in [5.41, 5.74) is -1.15. The minimum Gasteiger partial charge on any atom is -0.444 e. The van der Waals surface area contributed by atoms with Crippen molar-refractivity contribution in [1.29, 1.82) is 0 Å². The fraction of sp³-hybridized carbons (Fsp3) is 0.464. The highest BCUT2D eigenvalue weighted by molar-refractivity contribution is 5.89. The molecule has 2 aromatic rings. The van der Waals surface area contributed by atoms with Crippen LogP contribution in [0.1, 0.15) is 65.6 Å². The van der Waals surface area contributed by atoms with Crippen LogP contribution in [0.2, 0.25) is 0 Å². The SMILES string of the molecule is CC(C)(C)OC(=O)NC(C)(NC(=O)OC(C)(C)C)[C@H]1C(=O)N(Cc2ccccc2)[C@@H]1c1ccccc1. The number of carbonyl (C=O) groups excluding carboxylic acids is 3. The molecule has 2 aromatic carbocycles. The van der Waals surface area contributed by atoms with Gasteiger partial charge < -0.3 is 14.4 Å². The molecule has 2 atom stereocenters. The number of alkyl carbamates (subject to hydrolysis) is 2. The lowest BCUT2D eigenvalue weighted by Gasteiger charge is -2.54. The second-order valence-electron chi connectivity index (χ2n) is 11.2. The molecule has 1 aliphatic rings. The molecule has 2 N–H and O–H groups in total. The molecule has 8 heteroatoms. The molecule has 3 rings (SSSR count). The van der Waals surface area contributed by atoms with Gasteiger partial charge in [0.15, 0.2) is 0 Å². The maximum Gasteiger partial charge on any atom is 0.409 e. The summed E-state index contributed by atoms with van der Waals surface area (Å²) in [6.07, 6.45) is -1.50. The fourth-order valence-corrected chi connectivity index (χ4v) is 4.31. The normalized spacial score (nSPS) is 18.2. The van der Waals surface area contributed by atoms with E-state index in [9.17, 15) is 14.4 Å². The number of nitrogens with one attached hydrogen (secondary N) is 2. The molecule has 0 radical (unpaired) electrons. The second-order valence-corrected chi connectivity index (χ2v) is 11.2. The second kappa shape index (κ2) is 10.2. The van der Waals surface area contributed by atoms with Crippen molar-refractivity contribution in [2.75, 3.05) is 0 Å². The van der Waals surface area contributed by atoms with Crippen LogP contribution >= 0.6 is 0 Å². The third-order valence-electron chi connectivity index (χ3n) is 5.68. The third kappa shape index (κ3) is 6.77. The smallest absolute Gasteiger partial charge is 0.409 e. The van der Waals surface area contributed by atoms with Gasteiger partial charge in [0.1, 0.15) is 22.8 Å². The zero-order chi connectivity index (χ0) is 26.7. The van der Waals surface area contributed by atoms with Crippen molar-refractivity contribution >= 4 is 18.1 Å². The van der Waals surface area contributed by atoms with Gasteiger partial charge in [0.05, 0.1) is 6.04 Å². The van der Waals surface area contributed by atoms with Crippen molar-refractivity contribution in [2.45, 2.75) is 77.9 Å². The lowest BCUT2D eigenvalue weighted by molar-refractivity contribution is -0.165. The molecule has 3 amide bonds. The lowest BCUT2D eigenvalue weighted by Crippen LogP contribution is -2.73. The summed E-state index contributed by atoms with van der Waals surface area (Å²) >= 11 is 0. The van der Waals surface area contributed by atoms with Gasteiger partial charge in [-0.05, 0) is 59.6 Å². The van der Waals surface area contributed by atoms with Gasteiger partial charge in [0.25, 0.3) is 0 Å². The predicted octanol–water partition coefficient (Wildman–Crippen LogP) is 5.15. The van der Waals surface area contributed by atoms with Gasteiger partial charge in [-0.15, -0.1) is 0 Å². The van der Waals surface area contributed by atoms with Crippen LogP contribution in [0.25, 0.3) is 0 Å². The number of nitrogens with zero attached hydrogens (tertiary/aromatic N) is 1. The number of benzene rings is 2. The molecule has 8 nitrogen and oxygen atoms in total. The van der Waals surface area contributed by atoms with Gasteiger partial charge >= 0.3 is 12.2 Å². The summed E-state index contributed by atoms with van der Waals surface area (Å²) in [4.78, 5) is 41.1. The van der Waals surface area contributed by atoms with Crippen molar-refractivity contribution in [2.24, 2.45) is 5.92 Å². The zero-order valence-electron chi connectivity index (χ0n) is 22.1. The van der Waals surface area contributed by atoms with Crippen molar-refractivity contribution in [3.8, 4) is 0 Å². The van der Waals surface area contributed by atoms with E-state index >= 15 is 0 Å². The summed E-state index contributed by atoms with van der Waals surface area (Å²) in [6, 6.07) is 18.8. The van der Waals surface area contributed by atoms with Crippen LogP contribution in [0.3, 0.4) is 0 Å². The summed E-state index contributed by atoms with van der Waals surface area (Å²) in [6.45, 7) is 12.5. The molecule has 1 aliphatic heterocycles. The Hall–Kier alpha value is -3.55. The largest absolute Gasteiger partial charge is 0.444 e. The van der Waals surface area contributed by atoms with Crippen LogP contribution in [0.4, 0.5) is 9.59 Å². The average molecular weight is 496 g/mol. The summed E-state index contributed by atoms with van der Waals surface area (Å²) in [7, 11) is 0. The highest BCUT2D eigenvalue weighted by Gasteiger charge is 2.58. The van der Waals surface area contributed by atoms with Gasteiger partial charge in [-0.3, -0.25) is 15.4 Å².